The molecule has 0 saturated carbocycles. The molecule has 3 aromatic rings. The van der Waals surface area contributed by atoms with Crippen LogP contribution in [0.25, 0.3) is 0 Å². The molecule has 0 saturated heterocycles. The highest BCUT2D eigenvalue weighted by molar-refractivity contribution is 8.00. The Bertz CT molecular complexity index is 1080. The maximum absolute atomic E-state index is 12.4. The molecular formula is C21H20N4O4S2. The van der Waals surface area contributed by atoms with Gasteiger partial charge in [-0.1, -0.05) is 42.5 Å². The summed E-state index contributed by atoms with van der Waals surface area (Å²) in [5, 5.41) is 11.1. The normalized spacial score (nSPS) is 10.5. The summed E-state index contributed by atoms with van der Waals surface area (Å²) in [6, 6.07) is 14.3. The van der Waals surface area contributed by atoms with Crippen LogP contribution in [-0.4, -0.2) is 33.7 Å². The van der Waals surface area contributed by atoms with Crippen LogP contribution in [0.4, 0.5) is 5.69 Å². The van der Waals surface area contributed by atoms with E-state index in [-0.39, 0.29) is 23.3 Å². The van der Waals surface area contributed by atoms with Crippen LogP contribution < -0.4 is 11.1 Å². The zero-order valence-electron chi connectivity index (χ0n) is 16.7. The number of benzene rings is 2. The van der Waals surface area contributed by atoms with E-state index in [1.165, 1.54) is 5.56 Å². The van der Waals surface area contributed by atoms with E-state index in [9.17, 15) is 14.4 Å². The van der Waals surface area contributed by atoms with Gasteiger partial charge in [-0.15, -0.1) is 22.0 Å². The molecule has 0 radical (unpaired) electrons. The van der Waals surface area contributed by atoms with E-state index >= 15 is 0 Å². The van der Waals surface area contributed by atoms with Gasteiger partial charge in [0.1, 0.15) is 6.61 Å². The Morgan fingerprint density at radius 1 is 1.10 bits per heavy atom. The van der Waals surface area contributed by atoms with Gasteiger partial charge in [0.2, 0.25) is 10.9 Å². The second kappa shape index (κ2) is 10.7. The van der Waals surface area contributed by atoms with Crippen LogP contribution >= 0.6 is 23.1 Å². The number of aryl methyl sites for hydroxylation is 1. The lowest BCUT2D eigenvalue weighted by Crippen LogP contribution is -2.13. The topological polar surface area (TPSA) is 124 Å². The third kappa shape index (κ3) is 6.37. The Labute approximate surface area is 187 Å². The maximum atomic E-state index is 12.4. The van der Waals surface area contributed by atoms with Gasteiger partial charge in [0.25, 0.3) is 5.91 Å². The second-order valence-corrected chi connectivity index (χ2v) is 8.41. The molecule has 0 unspecified atom stereocenters. The summed E-state index contributed by atoms with van der Waals surface area (Å²) in [5.74, 6) is -1.37. The van der Waals surface area contributed by atoms with Crippen molar-refractivity contribution in [3.63, 3.8) is 0 Å². The fourth-order valence-electron chi connectivity index (χ4n) is 2.53. The van der Waals surface area contributed by atoms with Crippen LogP contribution in [0.15, 0.2) is 53.4 Å². The first-order valence-corrected chi connectivity index (χ1v) is 11.2. The van der Waals surface area contributed by atoms with Crippen molar-refractivity contribution >= 4 is 46.6 Å². The molecule has 3 rings (SSSR count). The van der Waals surface area contributed by atoms with Gasteiger partial charge in [-0.05, 0) is 36.2 Å². The number of amides is 2. The van der Waals surface area contributed by atoms with E-state index < -0.39 is 11.9 Å². The van der Waals surface area contributed by atoms with Gasteiger partial charge in [-0.2, -0.15) is 0 Å². The third-order valence-electron chi connectivity index (χ3n) is 4.08. The van der Waals surface area contributed by atoms with Gasteiger partial charge in [-0.3, -0.25) is 9.59 Å². The van der Waals surface area contributed by atoms with Gasteiger partial charge in [0.15, 0.2) is 5.01 Å². The van der Waals surface area contributed by atoms with Crippen molar-refractivity contribution in [1.82, 2.24) is 10.2 Å². The summed E-state index contributed by atoms with van der Waals surface area (Å²) in [5.41, 5.74) is 7.33. The SMILES string of the molecule is CCc1ccc(NC(=O)c2nnc(COC(=O)c3ccccc3SCC(N)=O)s2)cc1. The quantitative estimate of drug-likeness (QED) is 0.374. The Balaban J connectivity index is 1.58. The van der Waals surface area contributed by atoms with Crippen LogP contribution in [-0.2, 0) is 22.6 Å². The first-order chi connectivity index (χ1) is 15.0. The number of esters is 1. The van der Waals surface area contributed by atoms with Gasteiger partial charge in [0.05, 0.1) is 11.3 Å². The minimum absolute atomic E-state index is 0.0559. The van der Waals surface area contributed by atoms with Crippen molar-refractivity contribution in [1.29, 1.82) is 0 Å². The number of nitrogens with one attached hydrogen (secondary N) is 1. The predicted molar refractivity (Wildman–Crippen MR) is 119 cm³/mol. The molecule has 0 spiro atoms. The number of nitrogens with zero attached hydrogens (tertiary/aromatic N) is 2. The van der Waals surface area contributed by atoms with Crippen molar-refractivity contribution in [2.45, 2.75) is 24.8 Å². The van der Waals surface area contributed by atoms with Crippen LogP contribution in [0, 0.1) is 0 Å². The monoisotopic (exact) mass is 456 g/mol. The van der Waals surface area contributed by atoms with E-state index in [1.54, 1.807) is 24.3 Å². The highest BCUT2D eigenvalue weighted by atomic mass is 32.2. The Hall–Kier alpha value is -3.24. The average Bonchev–Trinajstić information content (AvgIpc) is 3.26. The van der Waals surface area contributed by atoms with Gasteiger partial charge in [0, 0.05) is 10.6 Å². The summed E-state index contributed by atoms with van der Waals surface area (Å²) >= 11 is 2.21. The second-order valence-electron chi connectivity index (χ2n) is 6.33. The van der Waals surface area contributed by atoms with Crippen LogP contribution in [0.2, 0.25) is 0 Å². The molecule has 0 aliphatic carbocycles. The highest BCUT2D eigenvalue weighted by Gasteiger charge is 2.17. The van der Waals surface area contributed by atoms with Crippen LogP contribution in [0.3, 0.4) is 0 Å². The van der Waals surface area contributed by atoms with Crippen molar-refractivity contribution in [2.24, 2.45) is 5.73 Å². The largest absolute Gasteiger partial charge is 0.455 e. The van der Waals surface area contributed by atoms with E-state index in [4.69, 9.17) is 10.5 Å². The van der Waals surface area contributed by atoms with Gasteiger partial charge >= 0.3 is 5.97 Å². The Kier molecular flexibility index (Phi) is 7.74. The number of hydrogen-bond acceptors (Lipinski definition) is 8. The molecule has 31 heavy (non-hydrogen) atoms. The summed E-state index contributed by atoms with van der Waals surface area (Å²) in [7, 11) is 0. The molecule has 0 aliphatic rings. The Morgan fingerprint density at radius 2 is 1.84 bits per heavy atom. The summed E-state index contributed by atoms with van der Waals surface area (Å²) in [4.78, 5) is 36.4. The van der Waals surface area contributed by atoms with Crippen molar-refractivity contribution in [3.05, 3.63) is 69.7 Å². The van der Waals surface area contributed by atoms with Crippen LogP contribution in [0.5, 0.6) is 0 Å². The maximum Gasteiger partial charge on any atom is 0.339 e. The van der Waals surface area contributed by atoms with E-state index in [0.29, 0.717) is 21.2 Å². The zero-order valence-corrected chi connectivity index (χ0v) is 18.3. The lowest BCUT2D eigenvalue weighted by Gasteiger charge is -2.07. The van der Waals surface area contributed by atoms with Crippen molar-refractivity contribution in [3.8, 4) is 0 Å². The molecule has 160 valence electrons. The fourth-order valence-corrected chi connectivity index (χ4v) is 3.95. The molecule has 10 heteroatoms. The molecule has 2 amide bonds. The van der Waals surface area contributed by atoms with E-state index in [2.05, 4.69) is 22.4 Å². The minimum atomic E-state index is -0.565. The predicted octanol–water partition coefficient (Wildman–Crippen LogP) is 3.29. The standard InChI is InChI=1S/C21H20N4O4S2/c1-2-13-7-9-14(10-8-13)23-19(27)20-25-24-18(31-20)11-29-21(28)15-5-3-4-6-16(15)30-12-17(22)26/h3-10H,2,11-12H2,1H3,(H2,22,26)(H,23,27). The molecule has 1 heterocycles. The average molecular weight is 457 g/mol. The summed E-state index contributed by atoms with van der Waals surface area (Å²) in [6.45, 7) is 1.94. The first kappa shape index (κ1) is 22.4. The van der Waals surface area contributed by atoms with Gasteiger partial charge < -0.3 is 15.8 Å². The number of thioether (sulfide) groups is 1. The molecular weight excluding hydrogens is 436 g/mol. The number of anilines is 1. The smallest absolute Gasteiger partial charge is 0.339 e. The van der Waals surface area contributed by atoms with E-state index in [0.717, 1.165) is 29.5 Å². The number of hydrogen-bond donors (Lipinski definition) is 2. The Morgan fingerprint density at radius 3 is 2.55 bits per heavy atom. The zero-order chi connectivity index (χ0) is 22.2. The fraction of sp³-hybridized carbons (Fsp3) is 0.190. The number of nitrogens with two attached hydrogens (primary N) is 1. The van der Waals surface area contributed by atoms with Crippen molar-refractivity contribution < 1.29 is 19.1 Å². The molecule has 0 fully saturated rings. The molecule has 0 atom stereocenters. The molecule has 0 aliphatic heterocycles. The van der Waals surface area contributed by atoms with Gasteiger partial charge in [-0.25, -0.2) is 4.79 Å². The molecule has 3 N–H and O–H groups in total. The van der Waals surface area contributed by atoms with E-state index in [1.807, 2.05) is 24.3 Å². The molecule has 1 aromatic heterocycles. The lowest BCUT2D eigenvalue weighted by atomic mass is 10.1. The minimum Gasteiger partial charge on any atom is -0.455 e. The number of aromatic nitrogens is 2. The summed E-state index contributed by atoms with van der Waals surface area (Å²) in [6.07, 6.45) is 0.918. The number of rotatable bonds is 9. The third-order valence-corrected chi connectivity index (χ3v) is 6.08. The summed E-state index contributed by atoms with van der Waals surface area (Å²) < 4.78 is 5.31. The molecule has 0 bridgehead atoms. The number of carbonyl (C=O) groups excluding carboxylic acids is 3. The number of ether oxygens (including phenoxy) is 1. The lowest BCUT2D eigenvalue weighted by molar-refractivity contribution is -0.115. The highest BCUT2D eigenvalue weighted by Crippen LogP contribution is 2.23. The van der Waals surface area contributed by atoms with Crippen LogP contribution in [0.1, 0.15) is 37.7 Å². The molecule has 8 nitrogen and oxygen atoms in total. The van der Waals surface area contributed by atoms with Crippen molar-refractivity contribution in [2.75, 3.05) is 11.1 Å². The first-order valence-electron chi connectivity index (χ1n) is 9.36. The molecule has 2 aromatic carbocycles. The number of primary amides is 1. The number of carbonyl (C=O) groups is 3.